The van der Waals surface area contributed by atoms with Crippen LogP contribution in [0.25, 0.3) is 0 Å². The van der Waals surface area contributed by atoms with Gasteiger partial charge < -0.3 is 9.84 Å². The topological polar surface area (TPSA) is 73.0 Å². The number of carbonyl (C=O) groups is 1. The predicted octanol–water partition coefficient (Wildman–Crippen LogP) is 2.50. The molecule has 0 bridgehead atoms. The molecule has 3 aromatic rings. The second kappa shape index (κ2) is 6.78. The highest BCUT2D eigenvalue weighted by Gasteiger charge is 2.18. The Morgan fingerprint density at radius 3 is 2.91 bits per heavy atom. The lowest BCUT2D eigenvalue weighted by Gasteiger charge is -2.17. The zero-order chi connectivity index (χ0) is 16.2. The van der Waals surface area contributed by atoms with Gasteiger partial charge in [0, 0.05) is 29.4 Å². The number of thiophene rings is 1. The van der Waals surface area contributed by atoms with Crippen molar-refractivity contribution in [3.63, 3.8) is 0 Å². The van der Waals surface area contributed by atoms with E-state index in [1.165, 1.54) is 0 Å². The number of nitrogens with one attached hydrogen (secondary N) is 1. The van der Waals surface area contributed by atoms with Crippen LogP contribution >= 0.6 is 11.3 Å². The molecule has 3 heterocycles. The van der Waals surface area contributed by atoms with E-state index in [9.17, 15) is 4.79 Å². The molecule has 3 rings (SSSR count). The first kappa shape index (κ1) is 15.5. The van der Waals surface area contributed by atoms with E-state index >= 15 is 0 Å². The van der Waals surface area contributed by atoms with Crippen LogP contribution < -0.4 is 5.32 Å². The van der Waals surface area contributed by atoms with Crippen molar-refractivity contribution in [2.45, 2.75) is 26.3 Å². The molecule has 1 N–H and O–H groups in total. The molecule has 0 aliphatic heterocycles. The van der Waals surface area contributed by atoms with Crippen LogP contribution in [0.2, 0.25) is 0 Å². The van der Waals surface area contributed by atoms with Crippen LogP contribution in [-0.4, -0.2) is 27.4 Å². The van der Waals surface area contributed by atoms with Gasteiger partial charge in [0.15, 0.2) is 0 Å². The van der Waals surface area contributed by atoms with E-state index in [0.29, 0.717) is 12.3 Å². The predicted molar refractivity (Wildman–Crippen MR) is 87.4 cm³/mol. The Labute approximate surface area is 138 Å². The minimum atomic E-state index is -0.0480. The fourth-order valence-electron chi connectivity index (χ4n) is 2.46. The van der Waals surface area contributed by atoms with E-state index in [0.717, 1.165) is 16.1 Å². The van der Waals surface area contributed by atoms with Gasteiger partial charge in [-0.25, -0.2) is 0 Å². The second-order valence-corrected chi connectivity index (χ2v) is 6.28. The molecule has 0 aromatic carbocycles. The van der Waals surface area contributed by atoms with Gasteiger partial charge in [0.05, 0.1) is 12.1 Å². The quantitative estimate of drug-likeness (QED) is 0.754. The maximum absolute atomic E-state index is 12.3. The number of amides is 1. The average molecular weight is 330 g/mol. The van der Waals surface area contributed by atoms with Gasteiger partial charge >= 0.3 is 0 Å². The molecule has 0 aliphatic carbocycles. The summed E-state index contributed by atoms with van der Waals surface area (Å²) in [6.45, 7) is 4.16. The lowest BCUT2D eigenvalue weighted by molar-refractivity contribution is -0.120. The van der Waals surface area contributed by atoms with Crippen molar-refractivity contribution in [2.75, 3.05) is 6.54 Å². The minimum absolute atomic E-state index is 0.00128. The molecular formula is C16H18N4O2S. The first-order valence-corrected chi connectivity index (χ1v) is 8.24. The molecule has 3 aromatic heterocycles. The van der Waals surface area contributed by atoms with Crippen molar-refractivity contribution in [2.24, 2.45) is 0 Å². The van der Waals surface area contributed by atoms with E-state index in [4.69, 9.17) is 4.52 Å². The highest BCUT2D eigenvalue weighted by atomic mass is 32.1. The summed E-state index contributed by atoms with van der Waals surface area (Å²) in [5.74, 6) is 0.646. The third kappa shape index (κ3) is 3.50. The first-order valence-electron chi connectivity index (χ1n) is 7.36. The summed E-state index contributed by atoms with van der Waals surface area (Å²) in [7, 11) is 0. The van der Waals surface area contributed by atoms with Crippen molar-refractivity contribution in [1.29, 1.82) is 0 Å². The van der Waals surface area contributed by atoms with Crippen molar-refractivity contribution >= 4 is 17.2 Å². The summed E-state index contributed by atoms with van der Waals surface area (Å²) in [5, 5.41) is 13.2. The lowest BCUT2D eigenvalue weighted by atomic mass is 10.1. The highest BCUT2D eigenvalue weighted by molar-refractivity contribution is 7.10. The van der Waals surface area contributed by atoms with Gasteiger partial charge in [0.1, 0.15) is 11.8 Å². The lowest BCUT2D eigenvalue weighted by Crippen LogP contribution is -2.32. The third-order valence-electron chi connectivity index (χ3n) is 3.73. The van der Waals surface area contributed by atoms with Crippen LogP contribution in [0.5, 0.6) is 0 Å². The number of hydrogen-bond acceptors (Lipinski definition) is 5. The van der Waals surface area contributed by atoms with E-state index < -0.39 is 0 Å². The summed E-state index contributed by atoms with van der Waals surface area (Å²) in [5.41, 5.74) is 1.62. The van der Waals surface area contributed by atoms with Gasteiger partial charge in [-0.05, 0) is 31.4 Å². The number of aromatic nitrogens is 3. The average Bonchev–Trinajstić information content (AvgIpc) is 3.27. The third-order valence-corrected chi connectivity index (χ3v) is 4.70. The van der Waals surface area contributed by atoms with Crippen LogP contribution in [0.1, 0.15) is 27.9 Å². The summed E-state index contributed by atoms with van der Waals surface area (Å²) in [6, 6.07) is 5.94. The second-order valence-electron chi connectivity index (χ2n) is 5.30. The number of rotatable bonds is 6. The SMILES string of the molecule is Cc1noc(C)c1CC(=O)NCC(c1cccs1)n1cccn1. The molecule has 0 aliphatic rings. The molecule has 0 fully saturated rings. The zero-order valence-electron chi connectivity index (χ0n) is 13.0. The number of hydrogen-bond donors (Lipinski definition) is 1. The van der Waals surface area contributed by atoms with Gasteiger partial charge in [-0.1, -0.05) is 11.2 Å². The molecule has 0 saturated heterocycles. The molecule has 1 amide bonds. The largest absolute Gasteiger partial charge is 0.361 e. The molecule has 6 nitrogen and oxygen atoms in total. The maximum Gasteiger partial charge on any atom is 0.224 e. The molecule has 7 heteroatoms. The monoisotopic (exact) mass is 330 g/mol. The summed E-state index contributed by atoms with van der Waals surface area (Å²) in [4.78, 5) is 13.4. The fourth-order valence-corrected chi connectivity index (χ4v) is 3.28. The molecule has 23 heavy (non-hydrogen) atoms. The van der Waals surface area contributed by atoms with E-state index in [1.807, 2.05) is 42.2 Å². The van der Waals surface area contributed by atoms with E-state index in [-0.39, 0.29) is 18.4 Å². The number of carbonyl (C=O) groups excluding carboxylic acids is 1. The molecule has 0 saturated carbocycles. The number of aryl methyl sites for hydroxylation is 2. The number of nitrogens with zero attached hydrogens (tertiary/aromatic N) is 3. The van der Waals surface area contributed by atoms with Gasteiger partial charge in [0.2, 0.25) is 5.91 Å². The standard InChI is InChI=1S/C16H18N4O2S/c1-11-13(12(2)22-19-11)9-16(21)17-10-14(15-5-3-8-23-15)20-7-4-6-18-20/h3-8,14H,9-10H2,1-2H3,(H,17,21). The maximum atomic E-state index is 12.3. The molecule has 1 unspecified atom stereocenters. The van der Waals surface area contributed by atoms with Crippen molar-refractivity contribution in [3.8, 4) is 0 Å². The Morgan fingerprint density at radius 1 is 1.43 bits per heavy atom. The van der Waals surface area contributed by atoms with Crippen LogP contribution in [0.3, 0.4) is 0 Å². The summed E-state index contributed by atoms with van der Waals surface area (Å²) >= 11 is 1.65. The van der Waals surface area contributed by atoms with Crippen LogP contribution in [-0.2, 0) is 11.2 Å². The minimum Gasteiger partial charge on any atom is -0.361 e. The molecule has 120 valence electrons. The Bertz CT molecular complexity index is 708. The van der Waals surface area contributed by atoms with Crippen LogP contribution in [0.4, 0.5) is 0 Å². The first-order chi connectivity index (χ1) is 11.1. The molecule has 1 atom stereocenters. The fraction of sp³-hybridized carbons (Fsp3) is 0.312. The molecule has 0 spiro atoms. The van der Waals surface area contributed by atoms with Gasteiger partial charge in [0.25, 0.3) is 0 Å². The van der Waals surface area contributed by atoms with Crippen LogP contribution in [0.15, 0.2) is 40.5 Å². The Kier molecular flexibility index (Phi) is 4.57. The zero-order valence-corrected chi connectivity index (χ0v) is 13.8. The van der Waals surface area contributed by atoms with Gasteiger partial charge in [-0.3, -0.25) is 9.48 Å². The Hall–Kier alpha value is -2.41. The van der Waals surface area contributed by atoms with Gasteiger partial charge in [-0.2, -0.15) is 5.10 Å². The highest BCUT2D eigenvalue weighted by Crippen LogP contribution is 2.22. The van der Waals surface area contributed by atoms with Crippen LogP contribution in [0, 0.1) is 13.8 Å². The van der Waals surface area contributed by atoms with E-state index in [1.54, 1.807) is 17.5 Å². The Balaban J connectivity index is 1.66. The molecule has 0 radical (unpaired) electrons. The van der Waals surface area contributed by atoms with Crippen molar-refractivity contribution in [1.82, 2.24) is 20.3 Å². The normalized spacial score (nSPS) is 12.3. The van der Waals surface area contributed by atoms with E-state index in [2.05, 4.69) is 21.6 Å². The van der Waals surface area contributed by atoms with Crippen molar-refractivity contribution < 1.29 is 9.32 Å². The summed E-state index contributed by atoms with van der Waals surface area (Å²) < 4.78 is 6.96. The summed E-state index contributed by atoms with van der Waals surface area (Å²) in [6.07, 6.45) is 3.93. The smallest absolute Gasteiger partial charge is 0.224 e. The van der Waals surface area contributed by atoms with Crippen molar-refractivity contribution in [3.05, 3.63) is 57.9 Å². The molecular weight excluding hydrogens is 312 g/mol. The van der Waals surface area contributed by atoms with Gasteiger partial charge in [-0.15, -0.1) is 11.3 Å². The Morgan fingerprint density at radius 2 is 2.30 bits per heavy atom.